The van der Waals surface area contributed by atoms with Crippen LogP contribution in [0.1, 0.15) is 15.2 Å². The maximum Gasteiger partial charge on any atom is 0.254 e. The van der Waals surface area contributed by atoms with Gasteiger partial charge in [-0.05, 0) is 18.4 Å². The average Bonchev–Trinajstić information content (AvgIpc) is 2.50. The van der Waals surface area contributed by atoms with Crippen LogP contribution < -0.4 is 0 Å². The van der Waals surface area contributed by atoms with Gasteiger partial charge in [0.25, 0.3) is 5.91 Å². The van der Waals surface area contributed by atoms with Gasteiger partial charge in [0.1, 0.15) is 0 Å². The summed E-state index contributed by atoms with van der Waals surface area (Å²) in [7, 11) is 1.78. The van der Waals surface area contributed by atoms with E-state index in [9.17, 15) is 4.79 Å². The Morgan fingerprint density at radius 3 is 2.92 bits per heavy atom. The lowest BCUT2D eigenvalue weighted by Gasteiger charge is -2.14. The lowest BCUT2D eigenvalue weighted by atomic mass is 10.2. The van der Waals surface area contributed by atoms with Crippen LogP contribution in [0.25, 0.3) is 0 Å². The number of likely N-dealkylation sites (N-methyl/N-ethyl adjacent to an activating group) is 1. The third kappa shape index (κ3) is 2.18. The molecule has 1 aromatic heterocycles. The van der Waals surface area contributed by atoms with Gasteiger partial charge >= 0.3 is 0 Å². The molecule has 0 aliphatic heterocycles. The summed E-state index contributed by atoms with van der Waals surface area (Å²) in [4.78, 5) is 14.4. The van der Waals surface area contributed by atoms with Crippen LogP contribution in [0.4, 0.5) is 0 Å². The van der Waals surface area contributed by atoms with E-state index >= 15 is 0 Å². The van der Waals surface area contributed by atoms with Gasteiger partial charge in [0, 0.05) is 18.5 Å². The molecule has 13 heavy (non-hydrogen) atoms. The van der Waals surface area contributed by atoms with Crippen LogP contribution in [-0.2, 0) is 0 Å². The minimum Gasteiger partial charge on any atom is -0.338 e. The normalized spacial score (nSPS) is 9.69. The zero-order chi connectivity index (χ0) is 9.84. The van der Waals surface area contributed by atoms with E-state index in [1.54, 1.807) is 29.4 Å². The monoisotopic (exact) mass is 195 g/mol. The van der Waals surface area contributed by atoms with Crippen LogP contribution in [0.2, 0.25) is 0 Å². The van der Waals surface area contributed by atoms with Crippen molar-refractivity contribution in [3.05, 3.63) is 34.5 Å². The summed E-state index contributed by atoms with van der Waals surface area (Å²) in [5.74, 6) is 0.0682. The number of rotatable bonds is 3. The molecule has 0 bridgehead atoms. The van der Waals surface area contributed by atoms with E-state index < -0.39 is 0 Å². The number of carbonyl (C=O) groups is 1. The van der Waals surface area contributed by atoms with Gasteiger partial charge in [-0.25, -0.2) is 0 Å². The van der Waals surface area contributed by atoms with Crippen LogP contribution in [0.5, 0.6) is 0 Å². The van der Waals surface area contributed by atoms with Crippen LogP contribution in [0.15, 0.2) is 24.1 Å². The van der Waals surface area contributed by atoms with Crippen LogP contribution in [0, 0.1) is 6.92 Å². The van der Waals surface area contributed by atoms with Crippen molar-refractivity contribution in [1.82, 2.24) is 4.90 Å². The predicted octanol–water partition coefficient (Wildman–Crippen LogP) is 2.31. The van der Waals surface area contributed by atoms with Gasteiger partial charge in [-0.2, -0.15) is 0 Å². The molecule has 0 fully saturated rings. The van der Waals surface area contributed by atoms with Crippen LogP contribution in [-0.4, -0.2) is 24.4 Å². The highest BCUT2D eigenvalue weighted by Crippen LogP contribution is 2.16. The molecule has 0 atom stereocenters. The molecular formula is C10H13NOS. The standard InChI is InChI=1S/C10H13NOS/c1-4-6-11(3)10(12)9-5-7-13-8(9)2/h4-5,7H,1,6H2,2-3H3. The Morgan fingerprint density at radius 2 is 2.46 bits per heavy atom. The second-order valence-electron chi connectivity index (χ2n) is 2.86. The molecule has 0 aromatic carbocycles. The van der Waals surface area contributed by atoms with Crippen molar-refractivity contribution in [2.75, 3.05) is 13.6 Å². The molecule has 0 spiro atoms. The highest BCUT2D eigenvalue weighted by atomic mass is 32.1. The highest BCUT2D eigenvalue weighted by Gasteiger charge is 2.12. The molecule has 2 nitrogen and oxygen atoms in total. The van der Waals surface area contributed by atoms with E-state index in [1.807, 2.05) is 18.4 Å². The molecule has 1 heterocycles. The predicted molar refractivity (Wildman–Crippen MR) is 56.2 cm³/mol. The van der Waals surface area contributed by atoms with E-state index in [0.29, 0.717) is 6.54 Å². The number of aryl methyl sites for hydroxylation is 1. The summed E-state index contributed by atoms with van der Waals surface area (Å²) in [6, 6.07) is 1.86. The number of carbonyl (C=O) groups excluding carboxylic acids is 1. The molecule has 1 amide bonds. The Hall–Kier alpha value is -1.09. The third-order valence-electron chi connectivity index (χ3n) is 1.84. The third-order valence-corrected chi connectivity index (χ3v) is 2.68. The topological polar surface area (TPSA) is 20.3 Å². The van der Waals surface area contributed by atoms with Gasteiger partial charge in [-0.15, -0.1) is 17.9 Å². The second kappa shape index (κ2) is 4.23. The van der Waals surface area contributed by atoms with Gasteiger partial charge < -0.3 is 4.90 Å². The van der Waals surface area contributed by atoms with Crippen LogP contribution >= 0.6 is 11.3 Å². The quantitative estimate of drug-likeness (QED) is 0.678. The molecule has 0 radical (unpaired) electrons. The average molecular weight is 195 g/mol. The number of hydrogen-bond donors (Lipinski definition) is 0. The Kier molecular flexibility index (Phi) is 3.25. The fraction of sp³-hybridized carbons (Fsp3) is 0.300. The Balaban J connectivity index is 2.79. The summed E-state index contributed by atoms with van der Waals surface area (Å²) < 4.78 is 0. The summed E-state index contributed by atoms with van der Waals surface area (Å²) in [6.07, 6.45) is 1.72. The zero-order valence-corrected chi connectivity index (χ0v) is 8.73. The largest absolute Gasteiger partial charge is 0.338 e. The highest BCUT2D eigenvalue weighted by molar-refractivity contribution is 7.10. The maximum atomic E-state index is 11.7. The molecule has 0 saturated carbocycles. The Labute approximate surface area is 82.5 Å². The minimum atomic E-state index is 0.0682. The van der Waals surface area contributed by atoms with Crippen molar-refractivity contribution in [3.63, 3.8) is 0 Å². The van der Waals surface area contributed by atoms with Gasteiger partial charge in [0.05, 0.1) is 5.56 Å². The van der Waals surface area contributed by atoms with Gasteiger partial charge in [-0.1, -0.05) is 6.08 Å². The molecule has 0 unspecified atom stereocenters. The molecule has 0 aliphatic rings. The molecule has 1 rings (SSSR count). The molecule has 0 aliphatic carbocycles. The SMILES string of the molecule is C=CCN(C)C(=O)c1ccsc1C. The fourth-order valence-corrected chi connectivity index (χ4v) is 1.78. The van der Waals surface area contributed by atoms with E-state index in [-0.39, 0.29) is 5.91 Å². The lowest BCUT2D eigenvalue weighted by Crippen LogP contribution is -2.26. The fourth-order valence-electron chi connectivity index (χ4n) is 1.09. The van der Waals surface area contributed by atoms with E-state index in [2.05, 4.69) is 6.58 Å². The Bertz CT molecular complexity index is 316. The van der Waals surface area contributed by atoms with E-state index in [1.165, 1.54) is 0 Å². The van der Waals surface area contributed by atoms with Crippen molar-refractivity contribution in [3.8, 4) is 0 Å². The minimum absolute atomic E-state index is 0.0682. The van der Waals surface area contributed by atoms with Crippen molar-refractivity contribution in [2.45, 2.75) is 6.92 Å². The summed E-state index contributed by atoms with van der Waals surface area (Å²) in [5.41, 5.74) is 0.800. The smallest absolute Gasteiger partial charge is 0.254 e. The van der Waals surface area contributed by atoms with Crippen molar-refractivity contribution in [1.29, 1.82) is 0 Å². The van der Waals surface area contributed by atoms with Gasteiger partial charge in [-0.3, -0.25) is 4.79 Å². The van der Waals surface area contributed by atoms with Gasteiger partial charge in [0.2, 0.25) is 0 Å². The van der Waals surface area contributed by atoms with Crippen molar-refractivity contribution in [2.24, 2.45) is 0 Å². The molecule has 70 valence electrons. The van der Waals surface area contributed by atoms with E-state index in [4.69, 9.17) is 0 Å². The number of nitrogens with zero attached hydrogens (tertiary/aromatic N) is 1. The van der Waals surface area contributed by atoms with Crippen molar-refractivity contribution >= 4 is 17.2 Å². The first-order chi connectivity index (χ1) is 6.16. The summed E-state index contributed by atoms with van der Waals surface area (Å²) in [5, 5.41) is 1.93. The summed E-state index contributed by atoms with van der Waals surface area (Å²) in [6.45, 7) is 6.14. The first kappa shape index (κ1) is 9.99. The molecule has 1 aromatic rings. The first-order valence-corrected chi connectivity index (χ1v) is 4.95. The van der Waals surface area contributed by atoms with Crippen LogP contribution in [0.3, 0.4) is 0 Å². The number of thiophene rings is 1. The maximum absolute atomic E-state index is 11.7. The van der Waals surface area contributed by atoms with Crippen molar-refractivity contribution < 1.29 is 4.79 Å². The second-order valence-corrected chi connectivity index (χ2v) is 3.99. The molecule has 0 saturated heterocycles. The number of amides is 1. The van der Waals surface area contributed by atoms with E-state index in [0.717, 1.165) is 10.4 Å². The lowest BCUT2D eigenvalue weighted by molar-refractivity contribution is 0.0810. The first-order valence-electron chi connectivity index (χ1n) is 4.07. The van der Waals surface area contributed by atoms with Gasteiger partial charge in [0.15, 0.2) is 0 Å². The summed E-state index contributed by atoms with van der Waals surface area (Å²) >= 11 is 1.59. The molecule has 3 heteroatoms. The zero-order valence-electron chi connectivity index (χ0n) is 7.91. The molecule has 0 N–H and O–H groups in total. The number of hydrogen-bond acceptors (Lipinski definition) is 2. The molecular weight excluding hydrogens is 182 g/mol. The Morgan fingerprint density at radius 1 is 1.77 bits per heavy atom.